The van der Waals surface area contributed by atoms with Gasteiger partial charge in [-0.05, 0) is 67.9 Å². The number of hydrogen-bond acceptors (Lipinski definition) is 5. The minimum Gasteiger partial charge on any atom is -0.356 e. The van der Waals surface area contributed by atoms with E-state index >= 15 is 0 Å². The highest BCUT2D eigenvalue weighted by atomic mass is 32.2. The highest BCUT2D eigenvalue weighted by Gasteiger charge is 2.29. The van der Waals surface area contributed by atoms with E-state index < -0.39 is 10.0 Å². The third kappa shape index (κ3) is 5.22. The standard InChI is InChI=1S/C25H34N4O3S/c1-19-9-10-20(18-22(19)33(31,32)29-14-5-4-6-15-29)27-24(30)21-8-7-13-26-23(21)28-16-11-25(2,3)12-17-28/h7-10,13,18H,4-6,11-12,14-17H2,1-3H3,(H,27,30). The molecule has 178 valence electrons. The van der Waals surface area contributed by atoms with E-state index in [4.69, 9.17) is 0 Å². The minimum absolute atomic E-state index is 0.256. The van der Waals surface area contributed by atoms with Crippen molar-refractivity contribution < 1.29 is 13.2 Å². The number of carbonyl (C=O) groups excluding carboxylic acids is 1. The third-order valence-electron chi connectivity index (χ3n) is 6.83. The van der Waals surface area contributed by atoms with Crippen LogP contribution in [0.15, 0.2) is 41.4 Å². The second-order valence-corrected chi connectivity index (χ2v) is 11.8. The molecular formula is C25H34N4O3S. The van der Waals surface area contributed by atoms with Crippen molar-refractivity contribution in [3.63, 3.8) is 0 Å². The molecule has 0 radical (unpaired) electrons. The van der Waals surface area contributed by atoms with E-state index in [2.05, 4.69) is 29.0 Å². The van der Waals surface area contributed by atoms with E-state index in [1.165, 1.54) is 0 Å². The predicted molar refractivity (Wildman–Crippen MR) is 131 cm³/mol. The number of amides is 1. The number of benzene rings is 1. The molecule has 2 saturated heterocycles. The van der Waals surface area contributed by atoms with E-state index in [0.717, 1.165) is 45.2 Å². The number of anilines is 2. The molecule has 1 amide bonds. The van der Waals surface area contributed by atoms with Crippen molar-refractivity contribution in [2.45, 2.75) is 57.8 Å². The summed E-state index contributed by atoms with van der Waals surface area (Å²) in [7, 11) is -3.59. The maximum absolute atomic E-state index is 13.2. The average molecular weight is 471 g/mol. The number of aryl methyl sites for hydroxylation is 1. The fraction of sp³-hybridized carbons (Fsp3) is 0.520. The zero-order valence-corrected chi connectivity index (χ0v) is 20.6. The lowest BCUT2D eigenvalue weighted by molar-refractivity contribution is 0.102. The number of pyridine rings is 1. The number of sulfonamides is 1. The maximum Gasteiger partial charge on any atom is 0.259 e. The van der Waals surface area contributed by atoms with Crippen LogP contribution in [0.2, 0.25) is 0 Å². The molecule has 1 aromatic heterocycles. The Labute approximate surface area is 197 Å². The van der Waals surface area contributed by atoms with Crippen LogP contribution in [0.1, 0.15) is 61.9 Å². The molecule has 4 rings (SSSR count). The fourth-order valence-corrected chi connectivity index (χ4v) is 6.32. The predicted octanol–water partition coefficient (Wildman–Crippen LogP) is 4.44. The zero-order chi connectivity index (χ0) is 23.6. The monoisotopic (exact) mass is 470 g/mol. The van der Waals surface area contributed by atoms with Crippen LogP contribution < -0.4 is 10.2 Å². The van der Waals surface area contributed by atoms with Crippen LogP contribution in [-0.4, -0.2) is 49.8 Å². The largest absolute Gasteiger partial charge is 0.356 e. The quantitative estimate of drug-likeness (QED) is 0.698. The minimum atomic E-state index is -3.59. The topological polar surface area (TPSA) is 82.6 Å². The molecular weight excluding hydrogens is 436 g/mol. The number of aromatic nitrogens is 1. The van der Waals surface area contributed by atoms with Gasteiger partial charge in [0.2, 0.25) is 10.0 Å². The summed E-state index contributed by atoms with van der Waals surface area (Å²) in [5, 5.41) is 2.91. The zero-order valence-electron chi connectivity index (χ0n) is 19.8. The molecule has 0 atom stereocenters. The van der Waals surface area contributed by atoms with Crippen molar-refractivity contribution in [3.05, 3.63) is 47.7 Å². The van der Waals surface area contributed by atoms with Gasteiger partial charge in [0, 0.05) is 38.1 Å². The SMILES string of the molecule is Cc1ccc(NC(=O)c2cccnc2N2CCC(C)(C)CC2)cc1S(=O)(=O)N1CCCCC1. The second kappa shape index (κ2) is 9.43. The first-order valence-electron chi connectivity index (χ1n) is 11.8. The van der Waals surface area contributed by atoms with Crippen molar-refractivity contribution in [1.82, 2.24) is 9.29 Å². The summed E-state index contributed by atoms with van der Waals surface area (Å²) in [6, 6.07) is 8.62. The molecule has 2 aliphatic rings. The number of nitrogens with zero attached hydrogens (tertiary/aromatic N) is 3. The Morgan fingerprint density at radius 1 is 1.03 bits per heavy atom. The van der Waals surface area contributed by atoms with E-state index in [-0.39, 0.29) is 10.8 Å². The Morgan fingerprint density at radius 2 is 1.73 bits per heavy atom. The Balaban J connectivity index is 1.56. The van der Waals surface area contributed by atoms with Gasteiger partial charge in [-0.15, -0.1) is 0 Å². The van der Waals surface area contributed by atoms with E-state index in [1.54, 1.807) is 47.8 Å². The average Bonchev–Trinajstić information content (AvgIpc) is 2.81. The van der Waals surface area contributed by atoms with Crippen molar-refractivity contribution in [2.24, 2.45) is 5.41 Å². The number of rotatable bonds is 5. The summed E-state index contributed by atoms with van der Waals surface area (Å²) >= 11 is 0. The molecule has 3 heterocycles. The van der Waals surface area contributed by atoms with Gasteiger partial charge in [-0.25, -0.2) is 13.4 Å². The van der Waals surface area contributed by atoms with Gasteiger partial charge < -0.3 is 10.2 Å². The van der Waals surface area contributed by atoms with Crippen LogP contribution in [0.25, 0.3) is 0 Å². The van der Waals surface area contributed by atoms with Gasteiger partial charge in [-0.2, -0.15) is 4.31 Å². The number of carbonyl (C=O) groups is 1. The third-order valence-corrected chi connectivity index (χ3v) is 8.87. The maximum atomic E-state index is 13.2. The van der Waals surface area contributed by atoms with E-state index in [9.17, 15) is 13.2 Å². The molecule has 2 aromatic rings. The van der Waals surface area contributed by atoms with Crippen molar-refractivity contribution >= 4 is 27.4 Å². The van der Waals surface area contributed by atoms with Gasteiger partial charge in [0.1, 0.15) is 5.82 Å². The lowest BCUT2D eigenvalue weighted by atomic mass is 9.82. The Hall–Kier alpha value is -2.45. The van der Waals surface area contributed by atoms with Gasteiger partial charge in [0.05, 0.1) is 10.5 Å². The summed E-state index contributed by atoms with van der Waals surface area (Å²) < 4.78 is 28.0. The summed E-state index contributed by atoms with van der Waals surface area (Å²) in [6.07, 6.45) is 6.61. The van der Waals surface area contributed by atoms with Crippen molar-refractivity contribution in [2.75, 3.05) is 36.4 Å². The van der Waals surface area contributed by atoms with Crippen LogP contribution in [0.5, 0.6) is 0 Å². The lowest BCUT2D eigenvalue weighted by Gasteiger charge is -2.38. The van der Waals surface area contributed by atoms with Gasteiger partial charge >= 0.3 is 0 Å². The lowest BCUT2D eigenvalue weighted by Crippen LogP contribution is -2.38. The normalized spacial score (nSPS) is 19.3. The molecule has 1 aromatic carbocycles. The number of hydrogen-bond donors (Lipinski definition) is 1. The van der Waals surface area contributed by atoms with E-state index in [0.29, 0.717) is 41.1 Å². The highest BCUT2D eigenvalue weighted by Crippen LogP contribution is 2.33. The molecule has 0 aliphatic carbocycles. The highest BCUT2D eigenvalue weighted by molar-refractivity contribution is 7.89. The van der Waals surface area contributed by atoms with Crippen LogP contribution in [0, 0.1) is 12.3 Å². The van der Waals surface area contributed by atoms with Gasteiger partial charge in [0.15, 0.2) is 0 Å². The first-order valence-corrected chi connectivity index (χ1v) is 13.2. The smallest absolute Gasteiger partial charge is 0.259 e. The number of nitrogens with one attached hydrogen (secondary N) is 1. The summed E-state index contributed by atoms with van der Waals surface area (Å²) in [5.74, 6) is 0.395. The van der Waals surface area contributed by atoms with Gasteiger partial charge in [0.25, 0.3) is 5.91 Å². The Bertz CT molecular complexity index is 1110. The van der Waals surface area contributed by atoms with Gasteiger partial charge in [-0.3, -0.25) is 4.79 Å². The van der Waals surface area contributed by atoms with Crippen LogP contribution >= 0.6 is 0 Å². The van der Waals surface area contributed by atoms with Crippen LogP contribution in [0.3, 0.4) is 0 Å². The van der Waals surface area contributed by atoms with Crippen molar-refractivity contribution in [3.8, 4) is 0 Å². The molecule has 2 aliphatic heterocycles. The number of piperidine rings is 2. The molecule has 7 nitrogen and oxygen atoms in total. The fourth-order valence-electron chi connectivity index (χ4n) is 4.55. The first-order chi connectivity index (χ1) is 15.7. The Kier molecular flexibility index (Phi) is 6.77. The first kappa shape index (κ1) is 23.7. The Morgan fingerprint density at radius 3 is 2.42 bits per heavy atom. The molecule has 8 heteroatoms. The van der Waals surface area contributed by atoms with Crippen molar-refractivity contribution in [1.29, 1.82) is 0 Å². The molecule has 1 N–H and O–H groups in total. The van der Waals surface area contributed by atoms with Crippen LogP contribution in [0.4, 0.5) is 11.5 Å². The second-order valence-electron chi connectivity index (χ2n) is 9.92. The summed E-state index contributed by atoms with van der Waals surface area (Å²) in [5.41, 5.74) is 1.94. The van der Waals surface area contributed by atoms with E-state index in [1.807, 2.05) is 0 Å². The molecule has 0 unspecified atom stereocenters. The molecule has 2 fully saturated rings. The molecule has 0 bridgehead atoms. The summed E-state index contributed by atoms with van der Waals surface area (Å²) in [4.78, 5) is 20.1. The molecule has 33 heavy (non-hydrogen) atoms. The molecule has 0 spiro atoms. The van der Waals surface area contributed by atoms with Crippen LogP contribution in [-0.2, 0) is 10.0 Å². The molecule has 0 saturated carbocycles. The van der Waals surface area contributed by atoms with Gasteiger partial charge in [-0.1, -0.05) is 26.3 Å². The summed E-state index contributed by atoms with van der Waals surface area (Å²) in [6.45, 7) is 9.13.